The predicted octanol–water partition coefficient (Wildman–Crippen LogP) is 1.25. The van der Waals surface area contributed by atoms with Gasteiger partial charge in [-0.25, -0.2) is 0 Å². The molecule has 0 aromatic heterocycles. The van der Waals surface area contributed by atoms with E-state index in [1.54, 1.807) is 6.92 Å². The van der Waals surface area contributed by atoms with E-state index >= 15 is 0 Å². The number of carboxylic acids is 1. The molecule has 1 amide bonds. The van der Waals surface area contributed by atoms with Gasteiger partial charge >= 0.3 is 5.97 Å². The van der Waals surface area contributed by atoms with Crippen LogP contribution in [0.15, 0.2) is 0 Å². The van der Waals surface area contributed by atoms with Crippen molar-refractivity contribution in [1.82, 2.24) is 4.90 Å². The van der Waals surface area contributed by atoms with Crippen LogP contribution in [-0.4, -0.2) is 34.5 Å². The third-order valence-electron chi connectivity index (χ3n) is 2.72. The van der Waals surface area contributed by atoms with Gasteiger partial charge in [0.2, 0.25) is 5.91 Å². The zero-order valence-electron chi connectivity index (χ0n) is 8.53. The molecule has 0 bridgehead atoms. The van der Waals surface area contributed by atoms with Crippen molar-refractivity contribution >= 4 is 11.9 Å². The van der Waals surface area contributed by atoms with Gasteiger partial charge in [0.25, 0.3) is 0 Å². The zero-order chi connectivity index (χ0) is 10.6. The van der Waals surface area contributed by atoms with Crippen molar-refractivity contribution in [3.8, 4) is 0 Å². The number of hydrogen-bond donors (Lipinski definition) is 1. The second-order valence-electron chi connectivity index (χ2n) is 3.79. The van der Waals surface area contributed by atoms with Gasteiger partial charge in [-0.1, -0.05) is 0 Å². The van der Waals surface area contributed by atoms with Crippen LogP contribution in [0.5, 0.6) is 0 Å². The van der Waals surface area contributed by atoms with Crippen molar-refractivity contribution in [2.24, 2.45) is 0 Å². The number of carboxylic acid groups (broad SMARTS) is 1. The fourth-order valence-corrected chi connectivity index (χ4v) is 2.01. The number of amides is 1. The first-order valence-electron chi connectivity index (χ1n) is 5.10. The van der Waals surface area contributed by atoms with Crippen LogP contribution in [0.1, 0.15) is 39.0 Å². The van der Waals surface area contributed by atoms with Crippen LogP contribution in [0.25, 0.3) is 0 Å². The van der Waals surface area contributed by atoms with Gasteiger partial charge in [-0.3, -0.25) is 9.59 Å². The Morgan fingerprint density at radius 3 is 2.71 bits per heavy atom. The Morgan fingerprint density at radius 2 is 2.14 bits per heavy atom. The quantitative estimate of drug-likeness (QED) is 0.744. The van der Waals surface area contributed by atoms with Gasteiger partial charge in [0.1, 0.15) is 0 Å². The molecule has 1 heterocycles. The van der Waals surface area contributed by atoms with E-state index in [4.69, 9.17) is 5.11 Å². The Hall–Kier alpha value is -1.06. The molecule has 1 rings (SSSR count). The van der Waals surface area contributed by atoms with Crippen molar-refractivity contribution < 1.29 is 14.7 Å². The molecule has 0 spiro atoms. The van der Waals surface area contributed by atoms with E-state index in [9.17, 15) is 9.59 Å². The van der Waals surface area contributed by atoms with Gasteiger partial charge in [0.05, 0.1) is 0 Å². The first-order chi connectivity index (χ1) is 6.61. The first kappa shape index (κ1) is 11.0. The number of hydrogen-bond acceptors (Lipinski definition) is 2. The monoisotopic (exact) mass is 199 g/mol. The maximum Gasteiger partial charge on any atom is 0.303 e. The van der Waals surface area contributed by atoms with E-state index in [1.165, 1.54) is 0 Å². The Bertz CT molecular complexity index is 227. The molecule has 4 nitrogen and oxygen atoms in total. The van der Waals surface area contributed by atoms with E-state index in [-0.39, 0.29) is 18.4 Å². The van der Waals surface area contributed by atoms with Crippen LogP contribution < -0.4 is 0 Å². The normalized spacial score (nSPS) is 22.1. The third-order valence-corrected chi connectivity index (χ3v) is 2.72. The molecule has 1 aliphatic rings. The third kappa shape index (κ3) is 3.01. The summed E-state index contributed by atoms with van der Waals surface area (Å²) < 4.78 is 0. The molecule has 0 aromatic rings. The zero-order valence-corrected chi connectivity index (χ0v) is 8.53. The summed E-state index contributed by atoms with van der Waals surface area (Å²) >= 11 is 0. The highest BCUT2D eigenvalue weighted by Crippen LogP contribution is 2.20. The van der Waals surface area contributed by atoms with Gasteiger partial charge in [-0.2, -0.15) is 0 Å². The summed E-state index contributed by atoms with van der Waals surface area (Å²) in [5.41, 5.74) is 0. The molecule has 4 heteroatoms. The summed E-state index contributed by atoms with van der Waals surface area (Å²) in [4.78, 5) is 23.5. The SMILES string of the molecule is CC(=O)N1CCCC[C@H]1CCC(=O)O. The second kappa shape index (κ2) is 4.98. The number of carbonyl (C=O) groups is 2. The molecule has 1 fully saturated rings. The van der Waals surface area contributed by atoms with Crippen molar-refractivity contribution in [3.63, 3.8) is 0 Å². The smallest absolute Gasteiger partial charge is 0.303 e. The highest BCUT2D eigenvalue weighted by Gasteiger charge is 2.24. The molecule has 1 N–H and O–H groups in total. The fraction of sp³-hybridized carbons (Fsp3) is 0.800. The summed E-state index contributed by atoms with van der Waals surface area (Å²) in [6, 6.07) is 0.150. The molecule has 0 saturated carbocycles. The van der Waals surface area contributed by atoms with Gasteiger partial charge in [0, 0.05) is 25.9 Å². The number of nitrogens with zero attached hydrogens (tertiary/aromatic N) is 1. The molecule has 0 aliphatic carbocycles. The largest absolute Gasteiger partial charge is 0.481 e. The topological polar surface area (TPSA) is 57.6 Å². The van der Waals surface area contributed by atoms with Crippen molar-refractivity contribution in [1.29, 1.82) is 0 Å². The maximum absolute atomic E-state index is 11.2. The Kier molecular flexibility index (Phi) is 3.92. The molecule has 0 radical (unpaired) electrons. The average molecular weight is 199 g/mol. The molecule has 1 atom stereocenters. The summed E-state index contributed by atoms with van der Waals surface area (Å²) in [6.45, 7) is 2.35. The van der Waals surface area contributed by atoms with E-state index in [1.807, 2.05) is 4.90 Å². The average Bonchev–Trinajstić information content (AvgIpc) is 2.15. The number of rotatable bonds is 3. The molecule has 0 unspecified atom stereocenters. The lowest BCUT2D eigenvalue weighted by Crippen LogP contribution is -2.42. The van der Waals surface area contributed by atoms with Crippen molar-refractivity contribution in [2.45, 2.75) is 45.1 Å². The first-order valence-corrected chi connectivity index (χ1v) is 5.10. The van der Waals surface area contributed by atoms with Gasteiger partial charge in [-0.05, 0) is 25.7 Å². The summed E-state index contributed by atoms with van der Waals surface area (Å²) in [5.74, 6) is -0.709. The molecular formula is C10H17NO3. The minimum Gasteiger partial charge on any atom is -0.481 e. The highest BCUT2D eigenvalue weighted by molar-refractivity contribution is 5.74. The number of piperidine rings is 1. The van der Waals surface area contributed by atoms with Crippen molar-refractivity contribution in [3.05, 3.63) is 0 Å². The number of likely N-dealkylation sites (tertiary alicyclic amines) is 1. The lowest BCUT2D eigenvalue weighted by Gasteiger charge is -2.34. The highest BCUT2D eigenvalue weighted by atomic mass is 16.4. The second-order valence-corrected chi connectivity index (χ2v) is 3.79. The Balaban J connectivity index is 2.45. The minimum absolute atomic E-state index is 0.0695. The van der Waals surface area contributed by atoms with E-state index in [0.29, 0.717) is 6.42 Å². The fourth-order valence-electron chi connectivity index (χ4n) is 2.01. The Morgan fingerprint density at radius 1 is 1.43 bits per heavy atom. The van der Waals surface area contributed by atoms with Crippen molar-refractivity contribution in [2.75, 3.05) is 6.54 Å². The van der Waals surface area contributed by atoms with Crippen LogP contribution in [-0.2, 0) is 9.59 Å². The summed E-state index contributed by atoms with van der Waals surface area (Å²) in [7, 11) is 0. The standard InChI is InChI=1S/C10H17NO3/c1-8(12)11-7-3-2-4-9(11)5-6-10(13)14/h9H,2-7H2,1H3,(H,13,14)/t9-/m0/s1. The molecular weight excluding hydrogens is 182 g/mol. The molecule has 1 aliphatic heterocycles. The van der Waals surface area contributed by atoms with E-state index < -0.39 is 5.97 Å². The number of carbonyl (C=O) groups excluding carboxylic acids is 1. The maximum atomic E-state index is 11.2. The lowest BCUT2D eigenvalue weighted by molar-refractivity contribution is -0.139. The van der Waals surface area contributed by atoms with Gasteiger partial charge in [-0.15, -0.1) is 0 Å². The predicted molar refractivity (Wildman–Crippen MR) is 51.9 cm³/mol. The van der Waals surface area contributed by atoms with Crippen LogP contribution in [0.3, 0.4) is 0 Å². The Labute approximate surface area is 83.9 Å². The van der Waals surface area contributed by atoms with Gasteiger partial charge in [0.15, 0.2) is 0 Å². The van der Waals surface area contributed by atoms with Crippen LogP contribution in [0.2, 0.25) is 0 Å². The lowest BCUT2D eigenvalue weighted by atomic mass is 9.98. The minimum atomic E-state index is -0.779. The summed E-state index contributed by atoms with van der Waals surface area (Å²) in [6.07, 6.45) is 3.85. The molecule has 14 heavy (non-hydrogen) atoms. The summed E-state index contributed by atoms with van der Waals surface area (Å²) in [5, 5.41) is 8.57. The van der Waals surface area contributed by atoms with Crippen LogP contribution >= 0.6 is 0 Å². The van der Waals surface area contributed by atoms with Crippen LogP contribution in [0, 0.1) is 0 Å². The van der Waals surface area contributed by atoms with E-state index in [0.717, 1.165) is 25.8 Å². The van der Waals surface area contributed by atoms with Crippen LogP contribution in [0.4, 0.5) is 0 Å². The van der Waals surface area contributed by atoms with E-state index in [2.05, 4.69) is 0 Å². The number of aliphatic carboxylic acids is 1. The molecule has 0 aromatic carbocycles. The molecule has 1 saturated heterocycles. The molecule has 80 valence electrons. The van der Waals surface area contributed by atoms with Gasteiger partial charge < -0.3 is 10.0 Å².